The van der Waals surface area contributed by atoms with Crippen molar-refractivity contribution in [2.45, 2.75) is 24.7 Å². The second-order valence-corrected chi connectivity index (χ2v) is 8.55. The van der Waals surface area contributed by atoms with Gasteiger partial charge in [0.25, 0.3) is 0 Å². The van der Waals surface area contributed by atoms with Crippen molar-refractivity contribution in [2.75, 3.05) is 32.9 Å². The first-order valence-corrected chi connectivity index (χ1v) is 11.2. The molecule has 2 aliphatic rings. The van der Waals surface area contributed by atoms with Crippen LogP contribution in [0.3, 0.4) is 0 Å². The molecule has 2 saturated heterocycles. The Kier molecular flexibility index (Phi) is 5.90. The van der Waals surface area contributed by atoms with Gasteiger partial charge in [-0.25, -0.2) is 0 Å². The standard InChI is InChI=1S/C25H27N3O4/c29-23(28-14-7-8-19(16-28)17-31-21-11-5-2-6-12-21)22-26-27-24(32-22)25(13-15-30-18-25)20-9-3-1-4-10-20/h1-6,9-12,19H,7-8,13-18H2. The smallest absolute Gasteiger partial charge is 0.311 e. The third kappa shape index (κ3) is 4.12. The summed E-state index contributed by atoms with van der Waals surface area (Å²) in [6, 6.07) is 19.8. The first-order chi connectivity index (χ1) is 15.7. The van der Waals surface area contributed by atoms with E-state index in [-0.39, 0.29) is 17.7 Å². The molecule has 1 aromatic heterocycles. The van der Waals surface area contributed by atoms with E-state index < -0.39 is 5.41 Å². The second kappa shape index (κ2) is 9.12. The Hall–Kier alpha value is -3.19. The molecule has 0 aliphatic carbocycles. The summed E-state index contributed by atoms with van der Waals surface area (Å²) in [4.78, 5) is 15.0. The Morgan fingerprint density at radius 3 is 2.62 bits per heavy atom. The lowest BCUT2D eigenvalue weighted by Crippen LogP contribution is -2.41. The largest absolute Gasteiger partial charge is 0.493 e. The predicted octanol–water partition coefficient (Wildman–Crippen LogP) is 3.71. The maximum Gasteiger partial charge on any atom is 0.311 e. The molecule has 7 nitrogen and oxygen atoms in total. The molecule has 0 bridgehead atoms. The summed E-state index contributed by atoms with van der Waals surface area (Å²) in [5, 5.41) is 8.42. The summed E-state index contributed by atoms with van der Waals surface area (Å²) < 4.78 is 17.6. The van der Waals surface area contributed by atoms with Crippen molar-refractivity contribution in [3.63, 3.8) is 0 Å². The lowest BCUT2D eigenvalue weighted by Gasteiger charge is -2.31. The molecule has 1 amide bonds. The molecule has 0 saturated carbocycles. The van der Waals surface area contributed by atoms with Crippen molar-refractivity contribution in [3.8, 4) is 5.75 Å². The molecule has 0 spiro atoms. The summed E-state index contributed by atoms with van der Waals surface area (Å²) in [6.45, 7) is 2.98. The Morgan fingerprint density at radius 2 is 1.88 bits per heavy atom. The molecular weight excluding hydrogens is 406 g/mol. The number of aromatic nitrogens is 2. The molecular formula is C25H27N3O4. The van der Waals surface area contributed by atoms with Gasteiger partial charge in [-0.1, -0.05) is 48.5 Å². The number of ether oxygens (including phenoxy) is 2. The maximum absolute atomic E-state index is 13.1. The lowest BCUT2D eigenvalue weighted by atomic mass is 9.80. The Labute approximate surface area is 187 Å². The van der Waals surface area contributed by atoms with Gasteiger partial charge in [0.15, 0.2) is 0 Å². The third-order valence-electron chi connectivity index (χ3n) is 6.40. The van der Waals surface area contributed by atoms with Crippen LogP contribution in [-0.2, 0) is 10.2 Å². The monoisotopic (exact) mass is 433 g/mol. The van der Waals surface area contributed by atoms with E-state index >= 15 is 0 Å². The third-order valence-corrected chi connectivity index (χ3v) is 6.40. The van der Waals surface area contributed by atoms with Gasteiger partial charge >= 0.3 is 11.8 Å². The highest BCUT2D eigenvalue weighted by atomic mass is 16.5. The van der Waals surface area contributed by atoms with Gasteiger partial charge in [-0.05, 0) is 37.0 Å². The van der Waals surface area contributed by atoms with Crippen LogP contribution in [0.25, 0.3) is 0 Å². The molecule has 0 N–H and O–H groups in total. The maximum atomic E-state index is 13.1. The minimum atomic E-state index is -0.499. The number of benzene rings is 2. The Bertz CT molecular complexity index is 1030. The topological polar surface area (TPSA) is 77.7 Å². The van der Waals surface area contributed by atoms with Crippen molar-refractivity contribution in [1.29, 1.82) is 0 Å². The summed E-state index contributed by atoms with van der Waals surface area (Å²) in [7, 11) is 0. The fourth-order valence-corrected chi connectivity index (χ4v) is 4.60. The van der Waals surface area contributed by atoms with Crippen LogP contribution in [0.4, 0.5) is 0 Å². The average molecular weight is 434 g/mol. The van der Waals surface area contributed by atoms with Crippen LogP contribution in [0.2, 0.25) is 0 Å². The highest BCUT2D eigenvalue weighted by Gasteiger charge is 2.44. The number of carbonyl (C=O) groups excluding carboxylic acids is 1. The van der Waals surface area contributed by atoms with Gasteiger partial charge in [-0.15, -0.1) is 10.2 Å². The summed E-state index contributed by atoms with van der Waals surface area (Å²) in [5.74, 6) is 1.41. The van der Waals surface area contributed by atoms with Crippen molar-refractivity contribution >= 4 is 5.91 Å². The van der Waals surface area contributed by atoms with Crippen LogP contribution >= 0.6 is 0 Å². The first kappa shape index (κ1) is 20.7. The fraction of sp³-hybridized carbons (Fsp3) is 0.400. The van der Waals surface area contributed by atoms with Crippen LogP contribution in [0, 0.1) is 5.92 Å². The van der Waals surface area contributed by atoms with E-state index in [1.54, 1.807) is 4.90 Å². The van der Waals surface area contributed by atoms with Crippen LogP contribution < -0.4 is 4.74 Å². The molecule has 2 fully saturated rings. The fourth-order valence-electron chi connectivity index (χ4n) is 4.60. The summed E-state index contributed by atoms with van der Waals surface area (Å²) in [6.07, 6.45) is 2.70. The van der Waals surface area contributed by atoms with E-state index in [1.807, 2.05) is 60.7 Å². The number of para-hydroxylation sites is 1. The van der Waals surface area contributed by atoms with E-state index in [9.17, 15) is 4.79 Å². The van der Waals surface area contributed by atoms with Gasteiger partial charge in [-0.2, -0.15) is 0 Å². The van der Waals surface area contributed by atoms with Gasteiger partial charge in [0.05, 0.1) is 18.6 Å². The van der Waals surface area contributed by atoms with E-state index in [0.717, 1.165) is 30.6 Å². The number of likely N-dealkylation sites (tertiary alicyclic amines) is 1. The van der Waals surface area contributed by atoms with Crippen molar-refractivity contribution in [2.24, 2.45) is 5.92 Å². The Morgan fingerprint density at radius 1 is 1.09 bits per heavy atom. The van der Waals surface area contributed by atoms with E-state index in [2.05, 4.69) is 10.2 Å². The molecule has 7 heteroatoms. The van der Waals surface area contributed by atoms with Crippen LogP contribution in [0.1, 0.15) is 41.4 Å². The predicted molar refractivity (Wildman–Crippen MR) is 118 cm³/mol. The minimum absolute atomic E-state index is 0.0480. The van der Waals surface area contributed by atoms with Crippen LogP contribution in [-0.4, -0.2) is 53.9 Å². The zero-order chi connectivity index (χ0) is 21.8. The highest BCUT2D eigenvalue weighted by molar-refractivity contribution is 5.89. The Balaban J connectivity index is 1.28. The first-order valence-electron chi connectivity index (χ1n) is 11.2. The van der Waals surface area contributed by atoms with Crippen molar-refractivity contribution in [3.05, 3.63) is 78.0 Å². The SMILES string of the molecule is O=C(c1nnc(C2(c3ccccc3)CCOC2)o1)N1CCCC(COc2ccccc2)C1. The van der Waals surface area contributed by atoms with Gasteiger partial charge in [0.1, 0.15) is 5.75 Å². The number of hydrogen-bond acceptors (Lipinski definition) is 6. The van der Waals surface area contributed by atoms with Gasteiger partial charge < -0.3 is 18.8 Å². The van der Waals surface area contributed by atoms with E-state index in [1.165, 1.54) is 0 Å². The van der Waals surface area contributed by atoms with Gasteiger partial charge in [0.2, 0.25) is 5.89 Å². The average Bonchev–Trinajstić information content (AvgIpc) is 3.55. The highest BCUT2D eigenvalue weighted by Crippen LogP contribution is 2.39. The molecule has 5 rings (SSSR count). The molecule has 3 aromatic rings. The van der Waals surface area contributed by atoms with Crippen molar-refractivity contribution in [1.82, 2.24) is 15.1 Å². The van der Waals surface area contributed by atoms with Gasteiger partial charge in [0, 0.05) is 25.6 Å². The van der Waals surface area contributed by atoms with Crippen LogP contribution in [0.5, 0.6) is 5.75 Å². The second-order valence-electron chi connectivity index (χ2n) is 8.55. The molecule has 2 aromatic carbocycles. The quantitative estimate of drug-likeness (QED) is 0.590. The van der Waals surface area contributed by atoms with Crippen molar-refractivity contribution < 1.29 is 18.7 Å². The minimum Gasteiger partial charge on any atom is -0.493 e. The molecule has 0 radical (unpaired) electrons. The van der Waals surface area contributed by atoms with E-state index in [0.29, 0.717) is 38.8 Å². The molecule has 166 valence electrons. The number of rotatable bonds is 6. The normalized spacial score (nSPS) is 23.2. The number of nitrogens with zero attached hydrogens (tertiary/aromatic N) is 3. The van der Waals surface area contributed by atoms with E-state index in [4.69, 9.17) is 13.9 Å². The molecule has 32 heavy (non-hydrogen) atoms. The molecule has 2 unspecified atom stereocenters. The molecule has 3 heterocycles. The zero-order valence-electron chi connectivity index (χ0n) is 18.0. The molecule has 2 atom stereocenters. The number of carbonyl (C=O) groups is 1. The summed E-state index contributed by atoms with van der Waals surface area (Å²) in [5.41, 5.74) is 0.567. The molecule has 2 aliphatic heterocycles. The van der Waals surface area contributed by atoms with Gasteiger partial charge in [-0.3, -0.25) is 4.79 Å². The lowest BCUT2D eigenvalue weighted by molar-refractivity contribution is 0.0590. The number of piperidine rings is 1. The zero-order valence-corrected chi connectivity index (χ0v) is 18.0. The number of hydrogen-bond donors (Lipinski definition) is 0. The van der Waals surface area contributed by atoms with Crippen LogP contribution in [0.15, 0.2) is 65.1 Å². The summed E-state index contributed by atoms with van der Waals surface area (Å²) >= 11 is 0. The number of amides is 1.